The van der Waals surface area contributed by atoms with Crippen LogP contribution in [0.1, 0.15) is 31.2 Å². The van der Waals surface area contributed by atoms with Crippen molar-refractivity contribution in [2.45, 2.75) is 33.5 Å². The lowest BCUT2D eigenvalue weighted by Crippen LogP contribution is -2.14. The quantitative estimate of drug-likeness (QED) is 0.817. The first-order valence-corrected chi connectivity index (χ1v) is 6.30. The van der Waals surface area contributed by atoms with Gasteiger partial charge in [-0.2, -0.15) is 0 Å². The number of hydrogen-bond donors (Lipinski definition) is 1. The first kappa shape index (κ1) is 13.2. The van der Waals surface area contributed by atoms with E-state index < -0.39 is 0 Å². The molecule has 16 heavy (non-hydrogen) atoms. The monoisotopic (exact) mass is 238 g/mol. The van der Waals surface area contributed by atoms with Gasteiger partial charge in [0.2, 0.25) is 0 Å². The maximum Gasteiger partial charge on any atom is 0.104 e. The van der Waals surface area contributed by atoms with Crippen LogP contribution in [-0.4, -0.2) is 17.8 Å². The van der Waals surface area contributed by atoms with E-state index in [2.05, 4.69) is 32.6 Å². The molecule has 0 aromatic carbocycles. The molecular formula is C13H18O2S. The number of ether oxygens (including phenoxy) is 1. The summed E-state index contributed by atoms with van der Waals surface area (Å²) in [4.78, 5) is 1.13. The lowest BCUT2D eigenvalue weighted by molar-refractivity contribution is 0.0248. The molecule has 2 nitrogen and oxygen atoms in total. The molecule has 0 aliphatic heterocycles. The molecule has 0 amide bonds. The zero-order chi connectivity index (χ0) is 12.0. The van der Waals surface area contributed by atoms with Crippen molar-refractivity contribution in [3.8, 4) is 11.8 Å². The Labute approximate surface area is 101 Å². The van der Waals surface area contributed by atoms with E-state index in [9.17, 15) is 0 Å². The normalized spacial score (nSPS) is 12.3. The summed E-state index contributed by atoms with van der Waals surface area (Å²) in [6.45, 7) is 6.87. The summed E-state index contributed by atoms with van der Waals surface area (Å²) >= 11 is 1.64. The molecule has 1 rings (SSSR count). The van der Waals surface area contributed by atoms with Gasteiger partial charge in [-0.05, 0) is 24.3 Å². The zero-order valence-electron chi connectivity index (χ0n) is 9.99. The Morgan fingerprint density at radius 3 is 2.81 bits per heavy atom. The van der Waals surface area contributed by atoms with Gasteiger partial charge < -0.3 is 9.84 Å². The SMILES string of the molecule is CC(C)C(C)OCc1sccc1C#CCO. The number of hydrogen-bond acceptors (Lipinski definition) is 3. The summed E-state index contributed by atoms with van der Waals surface area (Å²) in [7, 11) is 0. The van der Waals surface area contributed by atoms with Gasteiger partial charge in [-0.3, -0.25) is 0 Å². The third-order valence-electron chi connectivity index (χ3n) is 2.46. The molecule has 1 aromatic heterocycles. The van der Waals surface area contributed by atoms with Crippen molar-refractivity contribution in [2.75, 3.05) is 6.61 Å². The maximum atomic E-state index is 8.65. The smallest absolute Gasteiger partial charge is 0.104 e. The van der Waals surface area contributed by atoms with Gasteiger partial charge in [-0.1, -0.05) is 25.7 Å². The molecule has 1 N–H and O–H groups in total. The van der Waals surface area contributed by atoms with Crippen LogP contribution in [0.2, 0.25) is 0 Å². The molecule has 1 aromatic rings. The zero-order valence-corrected chi connectivity index (χ0v) is 10.8. The van der Waals surface area contributed by atoms with Crippen LogP contribution in [0.25, 0.3) is 0 Å². The van der Waals surface area contributed by atoms with E-state index in [1.54, 1.807) is 11.3 Å². The summed E-state index contributed by atoms with van der Waals surface area (Å²) in [5.41, 5.74) is 0.968. The van der Waals surface area contributed by atoms with Crippen LogP contribution in [0.4, 0.5) is 0 Å². The Bertz CT molecular complexity index is 371. The lowest BCUT2D eigenvalue weighted by atomic mass is 10.1. The fourth-order valence-corrected chi connectivity index (χ4v) is 1.85. The van der Waals surface area contributed by atoms with Gasteiger partial charge in [0.05, 0.1) is 12.7 Å². The van der Waals surface area contributed by atoms with E-state index >= 15 is 0 Å². The molecule has 1 heterocycles. The average molecular weight is 238 g/mol. The second kappa shape index (κ2) is 6.70. The van der Waals surface area contributed by atoms with Crippen LogP contribution in [0.15, 0.2) is 11.4 Å². The number of thiophene rings is 1. The van der Waals surface area contributed by atoms with E-state index in [-0.39, 0.29) is 12.7 Å². The largest absolute Gasteiger partial charge is 0.384 e. The fourth-order valence-electron chi connectivity index (χ4n) is 1.10. The summed E-state index contributed by atoms with van der Waals surface area (Å²) < 4.78 is 5.75. The predicted molar refractivity (Wildman–Crippen MR) is 67.4 cm³/mol. The first-order valence-electron chi connectivity index (χ1n) is 5.42. The Morgan fingerprint density at radius 2 is 2.19 bits per heavy atom. The number of aliphatic hydroxyl groups is 1. The highest BCUT2D eigenvalue weighted by Gasteiger charge is 2.09. The van der Waals surface area contributed by atoms with Crippen molar-refractivity contribution in [1.82, 2.24) is 0 Å². The van der Waals surface area contributed by atoms with Gasteiger partial charge in [0, 0.05) is 10.4 Å². The summed E-state index contributed by atoms with van der Waals surface area (Å²) in [6.07, 6.45) is 0.251. The third-order valence-corrected chi connectivity index (χ3v) is 3.36. The molecule has 0 saturated heterocycles. The van der Waals surface area contributed by atoms with E-state index in [1.165, 1.54) is 0 Å². The molecule has 0 spiro atoms. The van der Waals surface area contributed by atoms with Crippen LogP contribution >= 0.6 is 11.3 Å². The average Bonchev–Trinajstić information content (AvgIpc) is 2.70. The van der Waals surface area contributed by atoms with Crippen LogP contribution in [0.3, 0.4) is 0 Å². The molecule has 0 bridgehead atoms. The molecule has 0 radical (unpaired) electrons. The number of rotatable bonds is 4. The van der Waals surface area contributed by atoms with Gasteiger partial charge in [-0.25, -0.2) is 0 Å². The topological polar surface area (TPSA) is 29.5 Å². The van der Waals surface area contributed by atoms with Crippen molar-refractivity contribution >= 4 is 11.3 Å². The summed E-state index contributed by atoms with van der Waals surface area (Å²) in [5.74, 6) is 6.10. The van der Waals surface area contributed by atoms with Crippen molar-refractivity contribution in [2.24, 2.45) is 5.92 Å². The molecule has 0 fully saturated rings. The van der Waals surface area contributed by atoms with E-state index in [4.69, 9.17) is 9.84 Å². The second-order valence-corrected chi connectivity index (χ2v) is 4.98. The molecular weight excluding hydrogens is 220 g/mol. The Morgan fingerprint density at radius 1 is 1.44 bits per heavy atom. The molecule has 0 aliphatic rings. The Hall–Kier alpha value is -0.820. The highest BCUT2D eigenvalue weighted by Crippen LogP contribution is 2.18. The highest BCUT2D eigenvalue weighted by atomic mass is 32.1. The minimum atomic E-state index is -0.0987. The summed E-state index contributed by atoms with van der Waals surface area (Å²) in [6, 6.07) is 1.96. The van der Waals surface area contributed by atoms with E-state index in [0.717, 1.165) is 10.4 Å². The standard InChI is InChI=1S/C13H18O2S/c1-10(2)11(3)15-9-13-12(5-4-7-14)6-8-16-13/h6,8,10-11,14H,7,9H2,1-3H3. The highest BCUT2D eigenvalue weighted by molar-refractivity contribution is 7.10. The van der Waals surface area contributed by atoms with Gasteiger partial charge >= 0.3 is 0 Å². The minimum Gasteiger partial charge on any atom is -0.384 e. The molecule has 3 heteroatoms. The van der Waals surface area contributed by atoms with Crippen molar-refractivity contribution in [1.29, 1.82) is 0 Å². The van der Waals surface area contributed by atoms with E-state index in [0.29, 0.717) is 12.5 Å². The van der Waals surface area contributed by atoms with Crippen LogP contribution in [-0.2, 0) is 11.3 Å². The molecule has 0 aliphatic carbocycles. The summed E-state index contributed by atoms with van der Waals surface area (Å²) in [5, 5.41) is 10.6. The Balaban J connectivity index is 2.57. The van der Waals surface area contributed by atoms with Crippen LogP contribution in [0, 0.1) is 17.8 Å². The van der Waals surface area contributed by atoms with E-state index in [1.807, 2.05) is 11.4 Å². The molecule has 88 valence electrons. The van der Waals surface area contributed by atoms with Gasteiger partial charge in [0.15, 0.2) is 0 Å². The molecule has 1 unspecified atom stereocenters. The molecule has 0 saturated carbocycles. The van der Waals surface area contributed by atoms with Crippen LogP contribution < -0.4 is 0 Å². The lowest BCUT2D eigenvalue weighted by Gasteiger charge is -2.15. The van der Waals surface area contributed by atoms with Crippen molar-refractivity contribution < 1.29 is 9.84 Å². The fraction of sp³-hybridized carbons (Fsp3) is 0.538. The minimum absolute atomic E-state index is 0.0987. The second-order valence-electron chi connectivity index (χ2n) is 3.98. The predicted octanol–water partition coefficient (Wildman–Crippen LogP) is 2.65. The molecule has 1 atom stereocenters. The Kier molecular flexibility index (Phi) is 5.54. The first-order chi connectivity index (χ1) is 7.65. The van der Waals surface area contributed by atoms with Gasteiger partial charge in [0.1, 0.15) is 6.61 Å². The van der Waals surface area contributed by atoms with Crippen molar-refractivity contribution in [3.63, 3.8) is 0 Å². The van der Waals surface area contributed by atoms with Gasteiger partial charge in [0.25, 0.3) is 0 Å². The van der Waals surface area contributed by atoms with Crippen LogP contribution in [0.5, 0.6) is 0 Å². The number of aliphatic hydroxyl groups excluding tert-OH is 1. The van der Waals surface area contributed by atoms with Gasteiger partial charge in [-0.15, -0.1) is 11.3 Å². The maximum absolute atomic E-state index is 8.65. The third kappa shape index (κ3) is 3.97. The van der Waals surface area contributed by atoms with Crippen molar-refractivity contribution in [3.05, 3.63) is 21.9 Å².